The fourth-order valence-corrected chi connectivity index (χ4v) is 4.75. The van der Waals surface area contributed by atoms with Crippen LogP contribution >= 0.6 is 43.5 Å². The van der Waals surface area contributed by atoms with Crippen molar-refractivity contribution in [1.82, 2.24) is 0 Å². The number of ether oxygens (including phenoxy) is 1. The molecule has 0 aliphatic carbocycles. The fraction of sp³-hybridized carbons (Fsp3) is 0.0833. The number of anilines is 1. The molecule has 0 radical (unpaired) electrons. The van der Waals surface area contributed by atoms with Gasteiger partial charge in [0.1, 0.15) is 12.4 Å². The minimum atomic E-state index is -0.183. The van der Waals surface area contributed by atoms with E-state index >= 15 is 0 Å². The topological polar surface area (TPSA) is 41.9 Å². The molecule has 0 aromatic heterocycles. The zero-order valence-corrected chi connectivity index (χ0v) is 20.4. The van der Waals surface area contributed by atoms with E-state index in [4.69, 9.17) is 16.3 Å². The third-order valence-electron chi connectivity index (χ3n) is 4.73. The Hall–Kier alpha value is -2.41. The Morgan fingerprint density at radius 1 is 1.06 bits per heavy atom. The zero-order valence-electron chi connectivity index (χ0n) is 16.5. The van der Waals surface area contributed by atoms with Gasteiger partial charge in [-0.05, 0) is 59.3 Å². The number of halogens is 3. The molecule has 0 spiro atoms. The summed E-state index contributed by atoms with van der Waals surface area (Å²) in [4.78, 5) is 13.1. The number of carbonyl (C=O) groups excluding carboxylic acids is 1. The van der Waals surface area contributed by atoms with Crippen molar-refractivity contribution in [1.29, 1.82) is 0 Å². The van der Waals surface area contributed by atoms with E-state index in [0.717, 1.165) is 25.8 Å². The maximum absolute atomic E-state index is 13.1. The number of hydrogen-bond donors (Lipinski definition) is 0. The zero-order chi connectivity index (χ0) is 22.0. The Kier molecular flexibility index (Phi) is 6.60. The van der Waals surface area contributed by atoms with Gasteiger partial charge >= 0.3 is 0 Å². The van der Waals surface area contributed by atoms with Gasteiger partial charge in [-0.1, -0.05) is 63.9 Å². The van der Waals surface area contributed by atoms with Gasteiger partial charge in [0.15, 0.2) is 0 Å². The Morgan fingerprint density at radius 2 is 1.77 bits per heavy atom. The van der Waals surface area contributed by atoms with Crippen molar-refractivity contribution in [2.45, 2.75) is 13.5 Å². The Morgan fingerprint density at radius 3 is 2.52 bits per heavy atom. The molecular weight excluding hydrogens is 544 g/mol. The minimum Gasteiger partial charge on any atom is -0.487 e. The summed E-state index contributed by atoms with van der Waals surface area (Å²) in [5, 5.41) is 6.50. The molecule has 0 unspecified atom stereocenters. The van der Waals surface area contributed by atoms with Gasteiger partial charge in [-0.15, -0.1) is 0 Å². The highest BCUT2D eigenvalue weighted by Gasteiger charge is 2.29. The number of nitrogens with zero attached hydrogens (tertiary/aromatic N) is 2. The Balaban J connectivity index is 1.68. The predicted octanol–water partition coefficient (Wildman–Crippen LogP) is 7.25. The average Bonchev–Trinajstić information content (AvgIpc) is 3.03. The second kappa shape index (κ2) is 9.39. The number of hydrazone groups is 1. The summed E-state index contributed by atoms with van der Waals surface area (Å²) in [6.07, 6.45) is 1.81. The first-order valence-electron chi connectivity index (χ1n) is 9.46. The molecule has 7 heteroatoms. The first-order valence-corrected chi connectivity index (χ1v) is 11.4. The first-order chi connectivity index (χ1) is 14.9. The van der Waals surface area contributed by atoms with Crippen LogP contribution in [0, 0.1) is 0 Å². The molecule has 0 N–H and O–H groups in total. The minimum absolute atomic E-state index is 0.183. The predicted molar refractivity (Wildman–Crippen MR) is 133 cm³/mol. The smallest absolute Gasteiger partial charge is 0.280 e. The van der Waals surface area contributed by atoms with Crippen LogP contribution in [0.2, 0.25) is 5.02 Å². The molecule has 4 nitrogen and oxygen atoms in total. The van der Waals surface area contributed by atoms with Gasteiger partial charge in [-0.2, -0.15) is 10.1 Å². The molecule has 4 rings (SSSR count). The highest BCUT2D eigenvalue weighted by Crippen LogP contribution is 2.36. The molecule has 3 aromatic rings. The van der Waals surface area contributed by atoms with E-state index < -0.39 is 0 Å². The maximum Gasteiger partial charge on any atom is 0.280 e. The lowest BCUT2D eigenvalue weighted by Crippen LogP contribution is -2.21. The van der Waals surface area contributed by atoms with Crippen molar-refractivity contribution in [2.24, 2.45) is 5.10 Å². The molecule has 1 aliphatic rings. The van der Waals surface area contributed by atoms with E-state index in [0.29, 0.717) is 28.7 Å². The Bertz CT molecular complexity index is 1210. The summed E-state index contributed by atoms with van der Waals surface area (Å²) in [5.74, 6) is 0.436. The molecular formula is C24H17Br2ClN2O2. The normalized spacial score (nSPS) is 14.8. The third kappa shape index (κ3) is 4.76. The summed E-state index contributed by atoms with van der Waals surface area (Å²) < 4.78 is 7.74. The second-order valence-electron chi connectivity index (χ2n) is 6.88. The average molecular weight is 561 g/mol. The van der Waals surface area contributed by atoms with Gasteiger partial charge in [-0.25, -0.2) is 0 Å². The number of amides is 1. The van der Waals surface area contributed by atoms with Crippen molar-refractivity contribution >= 4 is 66.8 Å². The molecule has 3 aromatic carbocycles. The van der Waals surface area contributed by atoms with Crippen LogP contribution in [0.15, 0.2) is 86.3 Å². The van der Waals surface area contributed by atoms with Crippen LogP contribution in [-0.4, -0.2) is 11.6 Å². The van der Waals surface area contributed by atoms with E-state index in [1.54, 1.807) is 0 Å². The van der Waals surface area contributed by atoms with E-state index in [9.17, 15) is 4.79 Å². The highest BCUT2D eigenvalue weighted by atomic mass is 79.9. The van der Waals surface area contributed by atoms with Gasteiger partial charge in [0.2, 0.25) is 0 Å². The number of benzene rings is 3. The third-order valence-corrected chi connectivity index (χ3v) is 6.15. The van der Waals surface area contributed by atoms with Crippen molar-refractivity contribution in [3.8, 4) is 5.75 Å². The van der Waals surface area contributed by atoms with Crippen LogP contribution in [0.5, 0.6) is 5.75 Å². The number of para-hydroxylation sites is 1. The number of rotatable bonds is 5. The lowest BCUT2D eigenvalue weighted by atomic mass is 10.1. The quantitative estimate of drug-likeness (QED) is 0.309. The first kappa shape index (κ1) is 21.8. The summed E-state index contributed by atoms with van der Waals surface area (Å²) in [6.45, 7) is 2.12. The summed E-state index contributed by atoms with van der Waals surface area (Å²) in [6, 6.07) is 20.7. The van der Waals surface area contributed by atoms with E-state index in [1.165, 1.54) is 5.01 Å². The van der Waals surface area contributed by atoms with Crippen LogP contribution in [0.4, 0.5) is 5.69 Å². The highest BCUT2D eigenvalue weighted by molar-refractivity contribution is 9.11. The van der Waals surface area contributed by atoms with E-state index in [-0.39, 0.29) is 5.91 Å². The van der Waals surface area contributed by atoms with Gasteiger partial charge in [0.25, 0.3) is 5.91 Å². The van der Waals surface area contributed by atoms with Crippen molar-refractivity contribution in [3.05, 3.63) is 97.4 Å². The van der Waals surface area contributed by atoms with Crippen LogP contribution in [0.3, 0.4) is 0 Å². The fourth-order valence-electron chi connectivity index (χ4n) is 3.19. The molecule has 156 valence electrons. The molecule has 0 saturated carbocycles. The lowest BCUT2D eigenvalue weighted by Gasteiger charge is -2.14. The number of carbonyl (C=O) groups is 1. The second-order valence-corrected chi connectivity index (χ2v) is 9.06. The van der Waals surface area contributed by atoms with Gasteiger partial charge < -0.3 is 4.74 Å². The lowest BCUT2D eigenvalue weighted by molar-refractivity contribution is -0.114. The molecule has 0 fully saturated rings. The van der Waals surface area contributed by atoms with Crippen molar-refractivity contribution < 1.29 is 9.53 Å². The Labute approximate surface area is 202 Å². The van der Waals surface area contributed by atoms with E-state index in [1.807, 2.05) is 79.7 Å². The van der Waals surface area contributed by atoms with Gasteiger partial charge in [0.05, 0.1) is 21.4 Å². The maximum atomic E-state index is 13.1. The van der Waals surface area contributed by atoms with Crippen LogP contribution in [0.1, 0.15) is 18.1 Å². The van der Waals surface area contributed by atoms with Gasteiger partial charge in [0, 0.05) is 20.6 Å². The van der Waals surface area contributed by atoms with E-state index in [2.05, 4.69) is 37.0 Å². The number of hydrogen-bond acceptors (Lipinski definition) is 3. The van der Waals surface area contributed by atoms with Crippen LogP contribution in [0.25, 0.3) is 6.08 Å². The van der Waals surface area contributed by atoms with Crippen molar-refractivity contribution in [3.63, 3.8) is 0 Å². The molecule has 1 amide bonds. The molecule has 31 heavy (non-hydrogen) atoms. The largest absolute Gasteiger partial charge is 0.487 e. The molecule has 0 bridgehead atoms. The van der Waals surface area contributed by atoms with Crippen molar-refractivity contribution in [2.75, 3.05) is 5.01 Å². The summed E-state index contributed by atoms with van der Waals surface area (Å²) in [5.41, 5.74) is 3.50. The SMILES string of the molecule is CC1=NN(c2ccccc2)C(=O)/C1=C/c1cc(Br)cc(Br)c1OCc1ccccc1Cl. The molecule has 0 saturated heterocycles. The monoisotopic (exact) mass is 558 g/mol. The molecule has 0 atom stereocenters. The van der Waals surface area contributed by atoms with Gasteiger partial charge in [-0.3, -0.25) is 4.79 Å². The summed E-state index contributed by atoms with van der Waals surface area (Å²) in [7, 11) is 0. The summed E-state index contributed by atoms with van der Waals surface area (Å²) >= 11 is 13.4. The molecule has 1 aliphatic heterocycles. The standard InChI is InChI=1S/C24H17Br2ClN2O2/c1-15-20(24(30)29(28-15)19-8-3-2-4-9-19)12-17-11-18(25)13-21(26)23(17)31-14-16-7-5-6-10-22(16)27/h2-13H,14H2,1H3/b20-12+. The van der Waals surface area contributed by atoms with Crippen LogP contribution < -0.4 is 9.75 Å². The van der Waals surface area contributed by atoms with Crippen LogP contribution in [-0.2, 0) is 11.4 Å². The molecule has 1 heterocycles.